The van der Waals surface area contributed by atoms with Gasteiger partial charge in [-0.2, -0.15) is 0 Å². The zero-order valence-electron chi connectivity index (χ0n) is 18.0. The van der Waals surface area contributed by atoms with E-state index in [1.807, 2.05) is 48.5 Å². The topological polar surface area (TPSA) is 89.0 Å². The summed E-state index contributed by atoms with van der Waals surface area (Å²) in [4.78, 5) is 29.1. The maximum absolute atomic E-state index is 13.2. The van der Waals surface area contributed by atoms with Crippen LogP contribution < -0.4 is 0 Å². The molecule has 0 spiro atoms. The van der Waals surface area contributed by atoms with Gasteiger partial charge < -0.3 is 14.6 Å². The summed E-state index contributed by atoms with van der Waals surface area (Å²) in [5.74, 6) is -1.88. The molecule has 0 aliphatic heterocycles. The van der Waals surface area contributed by atoms with Gasteiger partial charge in [0, 0.05) is 19.2 Å². The maximum Gasteiger partial charge on any atom is 0.410 e. The van der Waals surface area contributed by atoms with Gasteiger partial charge in [0.1, 0.15) is 12.4 Å². The summed E-state index contributed by atoms with van der Waals surface area (Å²) in [5.41, 5.74) is 4.80. The van der Waals surface area contributed by atoms with Crippen LogP contribution in [0.3, 0.4) is 0 Å². The van der Waals surface area contributed by atoms with Crippen molar-refractivity contribution in [1.82, 2.24) is 9.88 Å². The van der Waals surface area contributed by atoms with Crippen LogP contribution in [-0.2, 0) is 20.9 Å². The summed E-state index contributed by atoms with van der Waals surface area (Å²) in [6, 6.07) is 15.9. The van der Waals surface area contributed by atoms with Crippen molar-refractivity contribution in [2.45, 2.75) is 18.6 Å². The second kappa shape index (κ2) is 9.79. The quantitative estimate of drug-likeness (QED) is 0.557. The Morgan fingerprint density at radius 1 is 1.09 bits per heavy atom. The molecule has 1 aliphatic carbocycles. The van der Waals surface area contributed by atoms with Gasteiger partial charge in [-0.05, 0) is 33.9 Å². The van der Waals surface area contributed by atoms with Gasteiger partial charge in [0.15, 0.2) is 6.04 Å². The van der Waals surface area contributed by atoms with Crippen molar-refractivity contribution in [3.8, 4) is 11.1 Å². The molecule has 1 aromatic heterocycles. The molecule has 8 heteroatoms. The number of carboxylic acid groups (broad SMARTS) is 1. The van der Waals surface area contributed by atoms with Crippen LogP contribution >= 0.6 is 0 Å². The van der Waals surface area contributed by atoms with E-state index >= 15 is 0 Å². The minimum Gasteiger partial charge on any atom is -0.480 e. The molecule has 2 aromatic carbocycles. The smallest absolute Gasteiger partial charge is 0.410 e. The molecular weight excluding hydrogens is 427 g/mol. The molecule has 0 unspecified atom stereocenters. The SMILES string of the molecule is CN(C(=O)OCC1c2ccccc2-c2ccccc21)[C@@H](COCc1cncc(F)c1)C(=O)O. The zero-order valence-corrected chi connectivity index (χ0v) is 18.0. The average Bonchev–Trinajstić information content (AvgIpc) is 3.13. The molecule has 33 heavy (non-hydrogen) atoms. The van der Waals surface area contributed by atoms with Crippen LogP contribution in [0.4, 0.5) is 9.18 Å². The predicted molar refractivity (Wildman–Crippen MR) is 118 cm³/mol. The highest BCUT2D eigenvalue weighted by Crippen LogP contribution is 2.44. The lowest BCUT2D eigenvalue weighted by molar-refractivity contribution is -0.144. The number of carbonyl (C=O) groups is 2. The summed E-state index contributed by atoms with van der Waals surface area (Å²) in [5, 5.41) is 9.57. The first kappa shape index (κ1) is 22.4. The number of hydrogen-bond donors (Lipinski definition) is 1. The van der Waals surface area contributed by atoms with Crippen LogP contribution in [0.2, 0.25) is 0 Å². The highest BCUT2D eigenvalue weighted by Gasteiger charge is 2.32. The van der Waals surface area contributed by atoms with E-state index in [9.17, 15) is 19.1 Å². The van der Waals surface area contributed by atoms with Gasteiger partial charge in [-0.1, -0.05) is 48.5 Å². The third-order valence-corrected chi connectivity index (χ3v) is 5.68. The fourth-order valence-corrected chi connectivity index (χ4v) is 4.00. The van der Waals surface area contributed by atoms with E-state index < -0.39 is 23.9 Å². The molecular formula is C25H23FN2O5. The van der Waals surface area contributed by atoms with Gasteiger partial charge in [0.2, 0.25) is 0 Å². The summed E-state index contributed by atoms with van der Waals surface area (Å²) in [7, 11) is 1.35. The lowest BCUT2D eigenvalue weighted by Gasteiger charge is -2.25. The Bertz CT molecular complexity index is 1120. The van der Waals surface area contributed by atoms with Gasteiger partial charge in [0.25, 0.3) is 0 Å². The van der Waals surface area contributed by atoms with Crippen LogP contribution in [0.15, 0.2) is 67.0 Å². The second-order valence-corrected chi connectivity index (χ2v) is 7.80. The van der Waals surface area contributed by atoms with E-state index in [1.54, 1.807) is 0 Å². The third-order valence-electron chi connectivity index (χ3n) is 5.68. The number of aliphatic carboxylic acids is 1. The molecule has 0 fully saturated rings. The molecule has 1 atom stereocenters. The highest BCUT2D eigenvalue weighted by atomic mass is 19.1. The van der Waals surface area contributed by atoms with Gasteiger partial charge in [-0.3, -0.25) is 9.88 Å². The molecule has 0 saturated heterocycles. The monoisotopic (exact) mass is 450 g/mol. The molecule has 1 aliphatic rings. The van der Waals surface area contributed by atoms with E-state index in [0.717, 1.165) is 33.4 Å². The first-order valence-corrected chi connectivity index (χ1v) is 10.4. The number of carboxylic acids is 1. The molecule has 170 valence electrons. The molecule has 1 amide bonds. The van der Waals surface area contributed by atoms with E-state index in [4.69, 9.17) is 9.47 Å². The van der Waals surface area contributed by atoms with E-state index in [-0.39, 0.29) is 25.7 Å². The van der Waals surface area contributed by atoms with Crippen molar-refractivity contribution in [1.29, 1.82) is 0 Å². The lowest BCUT2D eigenvalue weighted by Crippen LogP contribution is -2.45. The van der Waals surface area contributed by atoms with E-state index in [1.165, 1.54) is 19.3 Å². The van der Waals surface area contributed by atoms with Crippen LogP contribution in [0.1, 0.15) is 22.6 Å². The van der Waals surface area contributed by atoms with Gasteiger partial charge in [-0.25, -0.2) is 14.0 Å². The molecule has 0 radical (unpaired) electrons. The van der Waals surface area contributed by atoms with Crippen molar-refractivity contribution in [2.75, 3.05) is 20.3 Å². The number of halogens is 1. The Labute approximate surface area is 190 Å². The number of carbonyl (C=O) groups excluding carboxylic acids is 1. The lowest BCUT2D eigenvalue weighted by atomic mass is 9.98. The maximum atomic E-state index is 13.2. The fraction of sp³-hybridized carbons (Fsp3) is 0.240. The number of likely N-dealkylation sites (N-methyl/N-ethyl adjacent to an activating group) is 1. The van der Waals surface area contributed by atoms with Crippen molar-refractivity contribution in [3.63, 3.8) is 0 Å². The van der Waals surface area contributed by atoms with Gasteiger partial charge >= 0.3 is 12.1 Å². The molecule has 3 aromatic rings. The number of aromatic nitrogens is 1. The molecule has 1 heterocycles. The second-order valence-electron chi connectivity index (χ2n) is 7.80. The summed E-state index contributed by atoms with van der Waals surface area (Å²) < 4.78 is 24.2. The Hall–Kier alpha value is -3.78. The average molecular weight is 450 g/mol. The first-order chi connectivity index (χ1) is 16.0. The Kier molecular flexibility index (Phi) is 6.65. The van der Waals surface area contributed by atoms with Gasteiger partial charge in [-0.15, -0.1) is 0 Å². The number of fused-ring (bicyclic) bond motifs is 3. The number of pyridine rings is 1. The van der Waals surface area contributed by atoms with Crippen LogP contribution in [0, 0.1) is 5.82 Å². The van der Waals surface area contributed by atoms with Crippen molar-refractivity contribution in [2.24, 2.45) is 0 Å². The van der Waals surface area contributed by atoms with Crippen molar-refractivity contribution in [3.05, 3.63) is 89.5 Å². The molecule has 0 saturated carbocycles. The predicted octanol–water partition coefficient (Wildman–Crippen LogP) is 4.07. The van der Waals surface area contributed by atoms with Crippen LogP contribution in [0.5, 0.6) is 0 Å². The number of rotatable bonds is 8. The third kappa shape index (κ3) is 4.85. The van der Waals surface area contributed by atoms with Crippen LogP contribution in [0.25, 0.3) is 11.1 Å². The first-order valence-electron chi connectivity index (χ1n) is 10.4. The molecule has 4 rings (SSSR count). The van der Waals surface area contributed by atoms with Crippen molar-refractivity contribution >= 4 is 12.1 Å². The zero-order chi connectivity index (χ0) is 23.4. The Morgan fingerprint density at radius 2 is 1.73 bits per heavy atom. The number of nitrogens with zero attached hydrogens (tertiary/aromatic N) is 2. The number of hydrogen-bond acceptors (Lipinski definition) is 5. The highest BCUT2D eigenvalue weighted by molar-refractivity contribution is 5.81. The summed E-state index contributed by atoms with van der Waals surface area (Å²) >= 11 is 0. The van der Waals surface area contributed by atoms with E-state index in [0.29, 0.717) is 5.56 Å². The standard InChI is InChI=1S/C25H23FN2O5/c1-28(23(24(29)30)15-32-13-16-10-17(26)12-27-11-16)25(31)33-14-22-20-8-4-2-6-18(20)19-7-3-5-9-21(19)22/h2-12,22-23H,13-15H2,1H3,(H,29,30)/t23-/m0/s1. The van der Waals surface area contributed by atoms with E-state index in [2.05, 4.69) is 4.98 Å². The van der Waals surface area contributed by atoms with Gasteiger partial charge in [0.05, 0.1) is 19.4 Å². The van der Waals surface area contributed by atoms with Crippen molar-refractivity contribution < 1.29 is 28.6 Å². The summed E-state index contributed by atoms with van der Waals surface area (Å²) in [6.07, 6.45) is 1.73. The Balaban J connectivity index is 1.38. The Morgan fingerprint density at radius 3 is 2.33 bits per heavy atom. The number of amides is 1. The minimum absolute atomic E-state index is 0.0347. The molecule has 0 bridgehead atoms. The largest absolute Gasteiger partial charge is 0.480 e. The normalized spacial score (nSPS) is 13.2. The molecule has 7 nitrogen and oxygen atoms in total. The fourth-order valence-electron chi connectivity index (χ4n) is 4.00. The van der Waals surface area contributed by atoms with Crippen LogP contribution in [-0.4, -0.2) is 53.4 Å². The number of ether oxygens (including phenoxy) is 2. The number of benzene rings is 2. The minimum atomic E-state index is -1.26. The summed E-state index contributed by atoms with van der Waals surface area (Å²) in [6.45, 7) is -0.237. The molecule has 1 N–H and O–H groups in total.